The summed E-state index contributed by atoms with van der Waals surface area (Å²) in [4.78, 5) is 23.5. The lowest BCUT2D eigenvalue weighted by Gasteiger charge is -2.21. The van der Waals surface area contributed by atoms with Crippen molar-refractivity contribution in [3.05, 3.63) is 59.7 Å². The smallest absolute Gasteiger partial charge is 0.344 e. The number of amides is 1. The number of anilines is 1. The Morgan fingerprint density at radius 1 is 1.00 bits per heavy atom. The van der Waals surface area contributed by atoms with Crippen molar-refractivity contribution in [1.82, 2.24) is 0 Å². The van der Waals surface area contributed by atoms with Crippen molar-refractivity contribution in [3.63, 3.8) is 0 Å². The Morgan fingerprint density at radius 2 is 1.66 bits per heavy atom. The quantitative estimate of drug-likeness (QED) is 0.646. The minimum atomic E-state index is -0.915. The summed E-state index contributed by atoms with van der Waals surface area (Å²) >= 11 is 3.83. The highest BCUT2D eigenvalue weighted by Crippen LogP contribution is 2.43. The van der Waals surface area contributed by atoms with Crippen LogP contribution in [0.5, 0.6) is 5.75 Å². The molecule has 0 radical (unpaired) electrons. The molecule has 0 unspecified atom stereocenters. The molecular formula is C20H19F2NO4S2. The zero-order chi connectivity index (χ0) is 20.6. The number of benzene rings is 2. The standard InChI is InChI=1S/C20H19F2NO4S2/c21-15-3-1-4-16(22)19(15)23-17(24)11-27-18(25)12-26-14-7-5-13(6-8-14)20-28-9-2-10-29-20/h1,3-8,20H,2,9-12H2,(H,23,24). The van der Waals surface area contributed by atoms with E-state index < -0.39 is 35.8 Å². The summed E-state index contributed by atoms with van der Waals surface area (Å²) in [5.41, 5.74) is 0.617. The first kappa shape index (κ1) is 21.4. The Labute approximate surface area is 175 Å². The van der Waals surface area contributed by atoms with Crippen molar-refractivity contribution in [1.29, 1.82) is 0 Å². The number of hydrogen-bond donors (Lipinski definition) is 1. The molecule has 1 heterocycles. The van der Waals surface area contributed by atoms with Gasteiger partial charge in [0.2, 0.25) is 0 Å². The predicted molar refractivity (Wildman–Crippen MR) is 110 cm³/mol. The van der Waals surface area contributed by atoms with E-state index in [0.717, 1.165) is 23.6 Å². The van der Waals surface area contributed by atoms with E-state index in [1.165, 1.54) is 18.1 Å². The molecule has 3 rings (SSSR count). The second-order valence-electron chi connectivity index (χ2n) is 6.09. The van der Waals surface area contributed by atoms with Crippen molar-refractivity contribution in [3.8, 4) is 5.75 Å². The molecule has 0 aliphatic carbocycles. The third kappa shape index (κ3) is 6.37. The average molecular weight is 440 g/mol. The molecule has 2 aromatic rings. The third-order valence-electron chi connectivity index (χ3n) is 3.93. The van der Waals surface area contributed by atoms with Gasteiger partial charge in [0.25, 0.3) is 5.91 Å². The highest BCUT2D eigenvalue weighted by molar-refractivity contribution is 8.16. The van der Waals surface area contributed by atoms with Crippen molar-refractivity contribution in [2.45, 2.75) is 11.0 Å². The van der Waals surface area contributed by atoms with Crippen LogP contribution in [0.15, 0.2) is 42.5 Å². The molecule has 0 saturated carbocycles. The van der Waals surface area contributed by atoms with Gasteiger partial charge in [-0.3, -0.25) is 4.79 Å². The Hall–Kier alpha value is -2.26. The van der Waals surface area contributed by atoms with E-state index in [0.29, 0.717) is 10.3 Å². The Balaban J connectivity index is 1.41. The van der Waals surface area contributed by atoms with Gasteiger partial charge in [-0.25, -0.2) is 13.6 Å². The Morgan fingerprint density at radius 3 is 2.31 bits per heavy atom. The van der Waals surface area contributed by atoms with Crippen LogP contribution in [-0.2, 0) is 14.3 Å². The number of rotatable bonds is 7. The molecule has 1 fully saturated rings. The fourth-order valence-electron chi connectivity index (χ4n) is 2.52. The van der Waals surface area contributed by atoms with Gasteiger partial charge in [0.05, 0.1) is 4.58 Å². The molecule has 0 atom stereocenters. The molecule has 0 bridgehead atoms. The van der Waals surface area contributed by atoms with Crippen LogP contribution in [0.4, 0.5) is 14.5 Å². The maximum absolute atomic E-state index is 13.5. The van der Waals surface area contributed by atoms with Crippen LogP contribution in [0.2, 0.25) is 0 Å². The Bertz CT molecular complexity index is 838. The normalized spacial score (nSPS) is 14.3. The molecule has 0 aromatic heterocycles. The number of para-hydroxylation sites is 1. The first-order valence-electron chi connectivity index (χ1n) is 8.88. The zero-order valence-electron chi connectivity index (χ0n) is 15.4. The van der Waals surface area contributed by atoms with Crippen LogP contribution in [0.1, 0.15) is 16.6 Å². The number of carbonyl (C=O) groups is 2. The van der Waals surface area contributed by atoms with Gasteiger partial charge in [-0.15, -0.1) is 23.5 Å². The van der Waals surface area contributed by atoms with Crippen molar-refractivity contribution >= 4 is 41.1 Å². The number of carbonyl (C=O) groups excluding carboxylic acids is 2. The summed E-state index contributed by atoms with van der Waals surface area (Å²) in [5, 5.41) is 2.03. The molecule has 29 heavy (non-hydrogen) atoms. The van der Waals surface area contributed by atoms with Crippen LogP contribution in [0, 0.1) is 11.6 Å². The first-order chi connectivity index (χ1) is 14.0. The van der Waals surface area contributed by atoms with E-state index >= 15 is 0 Å². The largest absolute Gasteiger partial charge is 0.482 e. The van der Waals surface area contributed by atoms with E-state index in [4.69, 9.17) is 9.47 Å². The number of thioether (sulfide) groups is 2. The monoisotopic (exact) mass is 439 g/mol. The molecular weight excluding hydrogens is 420 g/mol. The van der Waals surface area contributed by atoms with Crippen molar-refractivity contribution in [2.24, 2.45) is 0 Å². The highest BCUT2D eigenvalue weighted by atomic mass is 32.2. The Kier molecular flexibility index (Phi) is 7.76. The highest BCUT2D eigenvalue weighted by Gasteiger charge is 2.17. The van der Waals surface area contributed by atoms with Gasteiger partial charge >= 0.3 is 5.97 Å². The molecule has 0 spiro atoms. The second kappa shape index (κ2) is 10.5. The van der Waals surface area contributed by atoms with Crippen molar-refractivity contribution < 1.29 is 27.8 Å². The zero-order valence-corrected chi connectivity index (χ0v) is 17.0. The van der Waals surface area contributed by atoms with E-state index in [9.17, 15) is 18.4 Å². The minimum absolute atomic E-state index is 0.381. The van der Waals surface area contributed by atoms with Crippen LogP contribution in [0.3, 0.4) is 0 Å². The van der Waals surface area contributed by atoms with Gasteiger partial charge in [0.1, 0.15) is 23.1 Å². The summed E-state index contributed by atoms with van der Waals surface area (Å²) in [6.07, 6.45) is 1.22. The summed E-state index contributed by atoms with van der Waals surface area (Å²) in [6.45, 7) is -1.06. The van der Waals surface area contributed by atoms with Gasteiger partial charge in [0.15, 0.2) is 13.2 Å². The number of hydrogen-bond acceptors (Lipinski definition) is 6. The average Bonchev–Trinajstić information content (AvgIpc) is 2.74. The van der Waals surface area contributed by atoms with Crippen LogP contribution < -0.4 is 10.1 Å². The van der Waals surface area contributed by atoms with E-state index in [1.54, 1.807) is 12.1 Å². The molecule has 1 amide bonds. The van der Waals surface area contributed by atoms with Gasteiger partial charge in [-0.1, -0.05) is 18.2 Å². The molecule has 1 N–H and O–H groups in total. The summed E-state index contributed by atoms with van der Waals surface area (Å²) in [6, 6.07) is 10.7. The molecule has 1 aliphatic heterocycles. The predicted octanol–water partition coefficient (Wildman–Crippen LogP) is 4.39. The lowest BCUT2D eigenvalue weighted by atomic mass is 10.2. The van der Waals surface area contributed by atoms with Gasteiger partial charge < -0.3 is 14.8 Å². The maximum atomic E-state index is 13.5. The van der Waals surface area contributed by atoms with Gasteiger partial charge in [-0.2, -0.15) is 0 Å². The van der Waals surface area contributed by atoms with E-state index in [1.807, 2.05) is 41.0 Å². The SMILES string of the molecule is O=C(COC(=O)COc1ccc(C2SCCCS2)cc1)Nc1c(F)cccc1F. The van der Waals surface area contributed by atoms with Crippen LogP contribution >= 0.6 is 23.5 Å². The first-order valence-corrected chi connectivity index (χ1v) is 11.0. The number of ether oxygens (including phenoxy) is 2. The van der Waals surface area contributed by atoms with Gasteiger partial charge in [-0.05, 0) is 47.8 Å². The minimum Gasteiger partial charge on any atom is -0.482 e. The summed E-state index contributed by atoms with van der Waals surface area (Å²) in [7, 11) is 0. The molecule has 154 valence electrons. The fraction of sp³-hybridized carbons (Fsp3) is 0.300. The van der Waals surface area contributed by atoms with Crippen molar-refractivity contribution in [2.75, 3.05) is 30.0 Å². The number of esters is 1. The number of halogens is 2. The van der Waals surface area contributed by atoms with Crippen LogP contribution in [-0.4, -0.2) is 36.6 Å². The number of nitrogens with one attached hydrogen (secondary N) is 1. The third-order valence-corrected chi connectivity index (χ3v) is 6.94. The molecule has 1 aliphatic rings. The topological polar surface area (TPSA) is 64.6 Å². The van der Waals surface area contributed by atoms with Gasteiger partial charge in [0, 0.05) is 0 Å². The second-order valence-corrected chi connectivity index (χ2v) is 8.81. The fourth-order valence-corrected chi connectivity index (χ4v) is 5.42. The molecule has 9 heteroatoms. The lowest BCUT2D eigenvalue weighted by Crippen LogP contribution is -2.24. The lowest BCUT2D eigenvalue weighted by molar-refractivity contribution is -0.149. The molecule has 2 aromatic carbocycles. The van der Waals surface area contributed by atoms with E-state index in [-0.39, 0.29) is 6.61 Å². The summed E-state index contributed by atoms with van der Waals surface area (Å²) in [5.74, 6) is -0.638. The molecule has 1 saturated heterocycles. The maximum Gasteiger partial charge on any atom is 0.344 e. The van der Waals surface area contributed by atoms with Crippen LogP contribution in [0.25, 0.3) is 0 Å². The van der Waals surface area contributed by atoms with E-state index in [2.05, 4.69) is 0 Å². The molecule has 5 nitrogen and oxygen atoms in total. The summed E-state index contributed by atoms with van der Waals surface area (Å²) < 4.78 is 37.5.